The molecule has 0 bridgehead atoms. The van der Waals surface area contributed by atoms with Gasteiger partial charge >= 0.3 is 0 Å². The van der Waals surface area contributed by atoms with Gasteiger partial charge in [0.05, 0.1) is 5.69 Å². The number of pyridine rings is 1. The molecule has 0 unspecified atom stereocenters. The van der Waals surface area contributed by atoms with E-state index in [1.807, 2.05) is 12.1 Å². The fourth-order valence-electron chi connectivity index (χ4n) is 2.73. The summed E-state index contributed by atoms with van der Waals surface area (Å²) < 4.78 is 2.12. The van der Waals surface area contributed by atoms with Gasteiger partial charge in [0.25, 0.3) is 0 Å². The largest absolute Gasteiger partial charge is 0.326 e. The molecule has 3 nitrogen and oxygen atoms in total. The standard InChI is InChI=1S/C19H23N3/c1-13-18(15-6-8-16(9-7-15)19(2,3)4)21-17-10-5-14(11-20)12-22(13)17/h5-10,12H,11,20H2,1-4H3. The Kier molecular flexibility index (Phi) is 3.53. The fraction of sp³-hybridized carbons (Fsp3) is 0.316. The number of nitrogens with two attached hydrogens (primary N) is 1. The molecule has 0 fully saturated rings. The molecule has 0 aliphatic carbocycles. The molecule has 2 heterocycles. The minimum Gasteiger partial charge on any atom is -0.326 e. The van der Waals surface area contributed by atoms with E-state index in [1.54, 1.807) is 0 Å². The zero-order valence-corrected chi connectivity index (χ0v) is 13.7. The number of hydrogen-bond donors (Lipinski definition) is 1. The van der Waals surface area contributed by atoms with Crippen LogP contribution in [-0.2, 0) is 12.0 Å². The zero-order valence-electron chi connectivity index (χ0n) is 13.7. The summed E-state index contributed by atoms with van der Waals surface area (Å²) in [7, 11) is 0. The number of aryl methyl sites for hydroxylation is 1. The van der Waals surface area contributed by atoms with Crippen molar-refractivity contribution in [3.63, 3.8) is 0 Å². The Bertz CT molecular complexity index is 805. The molecule has 3 aromatic rings. The monoisotopic (exact) mass is 293 g/mol. The molecular weight excluding hydrogens is 270 g/mol. The van der Waals surface area contributed by atoms with Crippen molar-refractivity contribution in [1.29, 1.82) is 0 Å². The molecule has 0 amide bonds. The summed E-state index contributed by atoms with van der Waals surface area (Å²) in [5.41, 5.74) is 12.7. The first-order valence-electron chi connectivity index (χ1n) is 7.69. The summed E-state index contributed by atoms with van der Waals surface area (Å²) in [5.74, 6) is 0. The third-order valence-electron chi connectivity index (χ3n) is 4.18. The van der Waals surface area contributed by atoms with Crippen LogP contribution in [0.4, 0.5) is 0 Å². The third kappa shape index (κ3) is 2.53. The van der Waals surface area contributed by atoms with Crippen LogP contribution in [0.25, 0.3) is 16.9 Å². The summed E-state index contributed by atoms with van der Waals surface area (Å²) in [6, 6.07) is 12.8. The first kappa shape index (κ1) is 14.8. The van der Waals surface area contributed by atoms with Crippen molar-refractivity contribution in [2.24, 2.45) is 5.73 Å². The molecule has 3 heteroatoms. The predicted octanol–water partition coefficient (Wildman–Crippen LogP) is 4.07. The van der Waals surface area contributed by atoms with Crippen LogP contribution >= 0.6 is 0 Å². The van der Waals surface area contributed by atoms with Gasteiger partial charge in [-0.1, -0.05) is 51.1 Å². The van der Waals surface area contributed by atoms with Crippen LogP contribution in [0.1, 0.15) is 37.6 Å². The predicted molar refractivity (Wildman–Crippen MR) is 92.0 cm³/mol. The van der Waals surface area contributed by atoms with Crippen LogP contribution in [-0.4, -0.2) is 9.38 Å². The molecule has 114 valence electrons. The maximum atomic E-state index is 5.73. The van der Waals surface area contributed by atoms with Crippen LogP contribution in [0.5, 0.6) is 0 Å². The summed E-state index contributed by atoms with van der Waals surface area (Å²) in [4.78, 5) is 4.77. The Morgan fingerprint density at radius 1 is 1.05 bits per heavy atom. The first-order valence-corrected chi connectivity index (χ1v) is 7.69. The van der Waals surface area contributed by atoms with E-state index in [4.69, 9.17) is 10.7 Å². The lowest BCUT2D eigenvalue weighted by Crippen LogP contribution is -2.10. The molecule has 2 aromatic heterocycles. The highest BCUT2D eigenvalue weighted by Crippen LogP contribution is 2.28. The molecule has 0 radical (unpaired) electrons. The maximum absolute atomic E-state index is 5.73. The minimum absolute atomic E-state index is 0.169. The number of hydrogen-bond acceptors (Lipinski definition) is 2. The van der Waals surface area contributed by atoms with E-state index in [2.05, 4.69) is 62.6 Å². The van der Waals surface area contributed by atoms with Gasteiger partial charge < -0.3 is 10.1 Å². The van der Waals surface area contributed by atoms with E-state index in [-0.39, 0.29) is 5.41 Å². The molecule has 0 aliphatic heterocycles. The molecule has 3 rings (SSSR count). The van der Waals surface area contributed by atoms with Gasteiger partial charge in [-0.2, -0.15) is 0 Å². The van der Waals surface area contributed by atoms with Gasteiger partial charge in [-0.3, -0.25) is 0 Å². The molecule has 1 aromatic carbocycles. The molecule has 22 heavy (non-hydrogen) atoms. The lowest BCUT2D eigenvalue weighted by atomic mass is 9.86. The Morgan fingerprint density at radius 3 is 2.32 bits per heavy atom. The molecule has 2 N–H and O–H groups in total. The van der Waals surface area contributed by atoms with Crippen molar-refractivity contribution in [3.8, 4) is 11.3 Å². The van der Waals surface area contributed by atoms with Crippen molar-refractivity contribution >= 4 is 5.65 Å². The van der Waals surface area contributed by atoms with Crippen molar-refractivity contribution in [2.45, 2.75) is 39.7 Å². The minimum atomic E-state index is 0.169. The van der Waals surface area contributed by atoms with E-state index < -0.39 is 0 Å². The second-order valence-electron chi connectivity index (χ2n) is 6.84. The van der Waals surface area contributed by atoms with Crippen molar-refractivity contribution in [2.75, 3.05) is 0 Å². The lowest BCUT2D eigenvalue weighted by molar-refractivity contribution is 0.590. The second kappa shape index (κ2) is 5.25. The van der Waals surface area contributed by atoms with Crippen LogP contribution in [0.3, 0.4) is 0 Å². The third-order valence-corrected chi connectivity index (χ3v) is 4.18. The highest BCUT2D eigenvalue weighted by molar-refractivity contribution is 5.66. The highest BCUT2D eigenvalue weighted by atomic mass is 15.0. The lowest BCUT2D eigenvalue weighted by Gasteiger charge is -2.19. The summed E-state index contributed by atoms with van der Waals surface area (Å²) >= 11 is 0. The number of benzene rings is 1. The van der Waals surface area contributed by atoms with Gasteiger partial charge in [0.2, 0.25) is 0 Å². The quantitative estimate of drug-likeness (QED) is 0.774. The van der Waals surface area contributed by atoms with E-state index in [9.17, 15) is 0 Å². The highest BCUT2D eigenvalue weighted by Gasteiger charge is 2.15. The molecule has 0 spiro atoms. The molecule has 0 saturated carbocycles. The number of nitrogens with zero attached hydrogens (tertiary/aromatic N) is 2. The Morgan fingerprint density at radius 2 is 1.73 bits per heavy atom. The maximum Gasteiger partial charge on any atom is 0.137 e. The van der Waals surface area contributed by atoms with Gasteiger partial charge in [-0.15, -0.1) is 0 Å². The SMILES string of the molecule is Cc1c(-c2ccc(C(C)(C)C)cc2)nc2ccc(CN)cn12. The summed E-state index contributed by atoms with van der Waals surface area (Å²) in [5, 5.41) is 0. The second-order valence-corrected chi connectivity index (χ2v) is 6.84. The molecule has 0 aliphatic rings. The topological polar surface area (TPSA) is 43.3 Å². The van der Waals surface area contributed by atoms with E-state index in [0.29, 0.717) is 6.54 Å². The van der Waals surface area contributed by atoms with Gasteiger partial charge in [0, 0.05) is 24.0 Å². The molecule has 0 atom stereocenters. The Labute approximate surface area is 131 Å². The van der Waals surface area contributed by atoms with Crippen molar-refractivity contribution in [1.82, 2.24) is 9.38 Å². The van der Waals surface area contributed by atoms with Gasteiger partial charge in [0.15, 0.2) is 0 Å². The van der Waals surface area contributed by atoms with E-state index >= 15 is 0 Å². The average molecular weight is 293 g/mol. The normalized spacial score (nSPS) is 12.0. The van der Waals surface area contributed by atoms with Crippen LogP contribution in [0, 0.1) is 6.92 Å². The van der Waals surface area contributed by atoms with Crippen LogP contribution < -0.4 is 5.73 Å². The Balaban J connectivity index is 2.08. The first-order chi connectivity index (χ1) is 10.4. The van der Waals surface area contributed by atoms with E-state index in [1.165, 1.54) is 5.56 Å². The molecule has 0 saturated heterocycles. The average Bonchev–Trinajstić information content (AvgIpc) is 2.83. The summed E-state index contributed by atoms with van der Waals surface area (Å²) in [6.45, 7) is 9.34. The Hall–Kier alpha value is -2.13. The number of aromatic nitrogens is 2. The smallest absolute Gasteiger partial charge is 0.137 e. The van der Waals surface area contributed by atoms with Gasteiger partial charge in [-0.05, 0) is 29.5 Å². The van der Waals surface area contributed by atoms with Crippen LogP contribution in [0.2, 0.25) is 0 Å². The van der Waals surface area contributed by atoms with Crippen LogP contribution in [0.15, 0.2) is 42.6 Å². The zero-order chi connectivity index (χ0) is 15.9. The number of rotatable bonds is 2. The van der Waals surface area contributed by atoms with Gasteiger partial charge in [-0.25, -0.2) is 4.98 Å². The van der Waals surface area contributed by atoms with Crippen molar-refractivity contribution < 1.29 is 0 Å². The van der Waals surface area contributed by atoms with Gasteiger partial charge in [0.1, 0.15) is 5.65 Å². The number of imidazole rings is 1. The summed E-state index contributed by atoms with van der Waals surface area (Å²) in [6.07, 6.45) is 2.07. The van der Waals surface area contributed by atoms with Crippen molar-refractivity contribution in [3.05, 3.63) is 59.4 Å². The number of fused-ring (bicyclic) bond motifs is 1. The fourth-order valence-corrected chi connectivity index (χ4v) is 2.73. The molecular formula is C19H23N3. The van der Waals surface area contributed by atoms with E-state index in [0.717, 1.165) is 28.2 Å².